The van der Waals surface area contributed by atoms with Crippen LogP contribution in [0, 0.1) is 5.92 Å². The van der Waals surface area contributed by atoms with Crippen molar-refractivity contribution in [3.05, 3.63) is 29.3 Å². The minimum absolute atomic E-state index is 0.125. The van der Waals surface area contributed by atoms with E-state index in [0.717, 1.165) is 30.3 Å². The van der Waals surface area contributed by atoms with Gasteiger partial charge < -0.3 is 9.80 Å². The lowest BCUT2D eigenvalue weighted by Crippen LogP contribution is -2.49. The van der Waals surface area contributed by atoms with Crippen LogP contribution >= 0.6 is 23.4 Å². The highest BCUT2D eigenvalue weighted by Gasteiger charge is 2.22. The van der Waals surface area contributed by atoms with Crippen LogP contribution < -0.4 is 4.90 Å². The van der Waals surface area contributed by atoms with Crippen molar-refractivity contribution in [2.75, 3.05) is 36.8 Å². The van der Waals surface area contributed by atoms with Crippen LogP contribution in [0.3, 0.4) is 0 Å². The first-order valence-corrected chi connectivity index (χ1v) is 10.1. The number of halogens is 1. The fraction of sp³-hybridized carbons (Fsp3) is 0.529. The van der Waals surface area contributed by atoms with E-state index in [-0.39, 0.29) is 5.91 Å². The van der Waals surface area contributed by atoms with Crippen LogP contribution in [0.25, 0.3) is 0 Å². The summed E-state index contributed by atoms with van der Waals surface area (Å²) in [5, 5.41) is 13.2. The molecule has 1 fully saturated rings. The van der Waals surface area contributed by atoms with E-state index in [4.69, 9.17) is 11.6 Å². The van der Waals surface area contributed by atoms with E-state index in [1.54, 1.807) is 4.68 Å². The molecule has 26 heavy (non-hydrogen) atoms. The third-order valence-corrected chi connectivity index (χ3v) is 5.34. The van der Waals surface area contributed by atoms with Gasteiger partial charge in [0.25, 0.3) is 0 Å². The Balaban J connectivity index is 1.49. The van der Waals surface area contributed by atoms with Gasteiger partial charge in [-0.05, 0) is 34.5 Å². The van der Waals surface area contributed by atoms with Crippen molar-refractivity contribution < 1.29 is 4.79 Å². The Morgan fingerprint density at radius 3 is 2.73 bits per heavy atom. The molecule has 0 bridgehead atoms. The van der Waals surface area contributed by atoms with Gasteiger partial charge in [-0.1, -0.05) is 43.3 Å². The summed E-state index contributed by atoms with van der Waals surface area (Å²) < 4.78 is 1.76. The molecule has 0 saturated carbocycles. The number of nitrogens with zero attached hydrogens (tertiary/aromatic N) is 6. The van der Waals surface area contributed by atoms with Crippen molar-refractivity contribution in [3.63, 3.8) is 0 Å². The number of amides is 1. The summed E-state index contributed by atoms with van der Waals surface area (Å²) in [6.45, 7) is 8.01. The second kappa shape index (κ2) is 8.73. The van der Waals surface area contributed by atoms with Crippen LogP contribution in [-0.2, 0) is 11.3 Å². The molecule has 2 aromatic rings. The minimum Gasteiger partial charge on any atom is -0.368 e. The molecule has 140 valence electrons. The molecule has 1 aliphatic heterocycles. The van der Waals surface area contributed by atoms with E-state index in [2.05, 4.69) is 34.3 Å². The number of thioether (sulfide) groups is 1. The van der Waals surface area contributed by atoms with Crippen molar-refractivity contribution in [2.24, 2.45) is 5.92 Å². The molecular formula is C17H23ClN6OS. The number of piperazine rings is 1. The predicted molar refractivity (Wildman–Crippen MR) is 104 cm³/mol. The second-order valence-corrected chi connectivity index (χ2v) is 8.05. The average molecular weight is 395 g/mol. The van der Waals surface area contributed by atoms with Gasteiger partial charge >= 0.3 is 0 Å². The zero-order valence-electron chi connectivity index (χ0n) is 15.0. The number of hydrogen-bond acceptors (Lipinski definition) is 6. The molecule has 0 spiro atoms. The molecule has 1 saturated heterocycles. The summed E-state index contributed by atoms with van der Waals surface area (Å²) >= 11 is 7.47. The molecule has 0 aliphatic carbocycles. The molecule has 9 heteroatoms. The number of hydrogen-bond donors (Lipinski definition) is 0. The Kier molecular flexibility index (Phi) is 6.37. The van der Waals surface area contributed by atoms with Crippen molar-refractivity contribution >= 4 is 35.0 Å². The van der Waals surface area contributed by atoms with E-state index in [0.29, 0.717) is 29.9 Å². The molecule has 7 nitrogen and oxygen atoms in total. The third-order valence-electron chi connectivity index (χ3n) is 4.17. The highest BCUT2D eigenvalue weighted by Crippen LogP contribution is 2.21. The predicted octanol–water partition coefficient (Wildman–Crippen LogP) is 2.42. The van der Waals surface area contributed by atoms with Crippen molar-refractivity contribution in [2.45, 2.75) is 25.5 Å². The number of rotatable bonds is 6. The molecule has 0 N–H and O–H groups in total. The lowest BCUT2D eigenvalue weighted by atomic mass is 10.2. The topological polar surface area (TPSA) is 67.2 Å². The largest absolute Gasteiger partial charge is 0.368 e. The number of tetrazole rings is 1. The van der Waals surface area contributed by atoms with E-state index in [1.165, 1.54) is 11.8 Å². The van der Waals surface area contributed by atoms with E-state index >= 15 is 0 Å². The Labute approximate surface area is 162 Å². The highest BCUT2D eigenvalue weighted by atomic mass is 35.5. The summed E-state index contributed by atoms with van der Waals surface area (Å²) in [6.07, 6.45) is 0. The highest BCUT2D eigenvalue weighted by molar-refractivity contribution is 7.99. The molecule has 0 unspecified atom stereocenters. The van der Waals surface area contributed by atoms with Crippen LogP contribution in [0.5, 0.6) is 0 Å². The lowest BCUT2D eigenvalue weighted by Gasteiger charge is -2.36. The third kappa shape index (κ3) is 4.88. The summed E-state index contributed by atoms with van der Waals surface area (Å²) in [5.74, 6) is 0.934. The maximum atomic E-state index is 12.5. The van der Waals surface area contributed by atoms with Gasteiger partial charge in [0, 0.05) is 43.4 Å². The first-order valence-electron chi connectivity index (χ1n) is 8.70. The fourth-order valence-corrected chi connectivity index (χ4v) is 3.84. The standard InChI is InChI=1S/C17H23ClN6OS/c1-13(2)11-24-17(19-20-21-24)26-12-16(25)23-8-6-22(7-9-23)15-5-3-4-14(18)10-15/h3-5,10,13H,6-9,11-12H2,1-2H3. The zero-order chi connectivity index (χ0) is 18.5. The number of aromatic nitrogens is 4. The summed E-state index contributed by atoms with van der Waals surface area (Å²) in [5.41, 5.74) is 1.10. The smallest absolute Gasteiger partial charge is 0.233 e. The SMILES string of the molecule is CC(C)Cn1nnnc1SCC(=O)N1CCN(c2cccc(Cl)c2)CC1. The molecular weight excluding hydrogens is 372 g/mol. The quantitative estimate of drug-likeness (QED) is 0.701. The Morgan fingerprint density at radius 2 is 2.04 bits per heavy atom. The monoisotopic (exact) mass is 394 g/mol. The van der Waals surface area contributed by atoms with Crippen LogP contribution in [0.2, 0.25) is 5.02 Å². The molecule has 1 amide bonds. The van der Waals surface area contributed by atoms with Gasteiger partial charge in [-0.2, -0.15) is 0 Å². The minimum atomic E-state index is 0.125. The number of carbonyl (C=O) groups excluding carboxylic acids is 1. The van der Waals surface area contributed by atoms with Gasteiger partial charge in [0.1, 0.15) is 0 Å². The van der Waals surface area contributed by atoms with Gasteiger partial charge in [0.05, 0.1) is 5.75 Å². The van der Waals surface area contributed by atoms with Crippen LogP contribution in [0.1, 0.15) is 13.8 Å². The normalized spacial score (nSPS) is 14.9. The maximum absolute atomic E-state index is 12.5. The molecule has 0 radical (unpaired) electrons. The maximum Gasteiger partial charge on any atom is 0.233 e. The Bertz CT molecular complexity index is 744. The molecule has 1 aromatic heterocycles. The molecule has 2 heterocycles. The summed E-state index contributed by atoms with van der Waals surface area (Å²) in [6, 6.07) is 7.83. The Morgan fingerprint density at radius 1 is 1.27 bits per heavy atom. The van der Waals surface area contributed by atoms with E-state index in [1.807, 2.05) is 29.2 Å². The van der Waals surface area contributed by atoms with Gasteiger partial charge in [-0.3, -0.25) is 4.79 Å². The number of carbonyl (C=O) groups is 1. The number of anilines is 1. The van der Waals surface area contributed by atoms with Crippen molar-refractivity contribution in [1.29, 1.82) is 0 Å². The van der Waals surface area contributed by atoms with Crippen molar-refractivity contribution in [1.82, 2.24) is 25.1 Å². The molecule has 1 aliphatic rings. The zero-order valence-corrected chi connectivity index (χ0v) is 16.6. The van der Waals surface area contributed by atoms with Gasteiger partial charge in [0.15, 0.2) is 0 Å². The van der Waals surface area contributed by atoms with E-state index < -0.39 is 0 Å². The molecule has 1 aromatic carbocycles. The molecule has 0 atom stereocenters. The van der Waals surface area contributed by atoms with E-state index in [9.17, 15) is 4.79 Å². The van der Waals surface area contributed by atoms with Crippen LogP contribution in [0.15, 0.2) is 29.4 Å². The lowest BCUT2D eigenvalue weighted by molar-refractivity contribution is -0.128. The second-order valence-electron chi connectivity index (χ2n) is 6.67. The van der Waals surface area contributed by atoms with Crippen molar-refractivity contribution in [3.8, 4) is 0 Å². The van der Waals surface area contributed by atoms with Gasteiger partial charge in [-0.15, -0.1) is 5.10 Å². The first-order chi connectivity index (χ1) is 12.5. The van der Waals surface area contributed by atoms with Gasteiger partial charge in [-0.25, -0.2) is 4.68 Å². The van der Waals surface area contributed by atoms with Gasteiger partial charge in [0.2, 0.25) is 11.1 Å². The van der Waals surface area contributed by atoms with Crippen LogP contribution in [-0.4, -0.2) is 62.9 Å². The summed E-state index contributed by atoms with van der Waals surface area (Å²) in [7, 11) is 0. The fourth-order valence-electron chi connectivity index (χ4n) is 2.86. The molecule has 3 rings (SSSR count). The average Bonchev–Trinajstić information content (AvgIpc) is 3.06. The Hall–Kier alpha value is -1.80. The van der Waals surface area contributed by atoms with Crippen LogP contribution in [0.4, 0.5) is 5.69 Å². The summed E-state index contributed by atoms with van der Waals surface area (Å²) in [4.78, 5) is 16.7. The number of benzene rings is 1. The first kappa shape index (κ1) is 19.0.